The number of anilines is 1. The summed E-state index contributed by atoms with van der Waals surface area (Å²) in [7, 11) is 0. The highest BCUT2D eigenvalue weighted by Crippen LogP contribution is 2.20. The molecule has 0 fully saturated rings. The Kier molecular flexibility index (Phi) is 8.12. The molecular weight excluding hydrogens is 376 g/mol. The van der Waals surface area contributed by atoms with E-state index in [1.54, 1.807) is 12.3 Å². The highest BCUT2D eigenvalue weighted by Gasteiger charge is 2.11. The van der Waals surface area contributed by atoms with E-state index >= 15 is 0 Å². The Labute approximate surface area is 160 Å². The number of esters is 1. The van der Waals surface area contributed by atoms with Gasteiger partial charge >= 0.3 is 5.97 Å². The largest absolute Gasteiger partial charge is 0.493 e. The van der Waals surface area contributed by atoms with Crippen LogP contribution in [0.3, 0.4) is 0 Å². The second-order valence-electron chi connectivity index (χ2n) is 5.50. The summed E-state index contributed by atoms with van der Waals surface area (Å²) in [6.07, 6.45) is 2.83. The summed E-state index contributed by atoms with van der Waals surface area (Å²) in [6, 6.07) is 2.25. The number of aromatic nitrogens is 1. The zero-order valence-electron chi connectivity index (χ0n) is 15.1. The van der Waals surface area contributed by atoms with Crippen molar-refractivity contribution in [3.63, 3.8) is 0 Å². The van der Waals surface area contributed by atoms with Crippen LogP contribution in [0, 0.1) is 11.6 Å². The molecule has 0 bridgehead atoms. The van der Waals surface area contributed by atoms with E-state index in [4.69, 9.17) is 9.47 Å². The Balaban J connectivity index is 1.96. The van der Waals surface area contributed by atoms with Crippen LogP contribution in [0.4, 0.5) is 13.9 Å². The number of unbranched alkanes of at least 4 members (excludes halogenated alkanes) is 1. The fraction of sp³-hybridized carbons (Fsp3) is 0.389. The van der Waals surface area contributed by atoms with Gasteiger partial charge in [-0.1, -0.05) is 13.3 Å². The molecule has 0 saturated heterocycles. The molecule has 27 heavy (non-hydrogen) atoms. The normalized spacial score (nSPS) is 11.0. The van der Waals surface area contributed by atoms with Crippen molar-refractivity contribution in [1.82, 2.24) is 4.98 Å². The third-order valence-electron chi connectivity index (χ3n) is 3.36. The minimum atomic E-state index is -0.769. The number of ether oxygens (including phenoxy) is 2. The maximum absolute atomic E-state index is 14.1. The highest BCUT2D eigenvalue weighted by molar-refractivity contribution is 7.13. The molecule has 0 spiro atoms. The molecule has 0 amide bonds. The minimum Gasteiger partial charge on any atom is -0.493 e. The number of hydrogen-bond acceptors (Lipinski definition) is 7. The summed E-state index contributed by atoms with van der Waals surface area (Å²) in [5.74, 6) is -1.77. The van der Waals surface area contributed by atoms with Crippen molar-refractivity contribution in [1.29, 1.82) is 0 Å². The Morgan fingerprint density at radius 2 is 2.07 bits per heavy atom. The standard InChI is InChI=1S/C18H21F2N3O3S/c1-3-5-6-26-13-8-15(19)14(16(20)9-13)10-21-23-18-22-12(11-27-18)7-17(24)25-4-2/h8-11H,3-7H2,1-2H3,(H,22,23). The molecule has 2 aromatic rings. The monoisotopic (exact) mass is 397 g/mol. The van der Waals surface area contributed by atoms with Crippen LogP contribution in [0.1, 0.15) is 37.9 Å². The second-order valence-corrected chi connectivity index (χ2v) is 6.36. The Morgan fingerprint density at radius 3 is 2.74 bits per heavy atom. The molecule has 1 aromatic heterocycles. The molecule has 6 nitrogen and oxygen atoms in total. The van der Waals surface area contributed by atoms with E-state index in [1.807, 2.05) is 6.92 Å². The van der Waals surface area contributed by atoms with Crippen molar-refractivity contribution in [2.45, 2.75) is 33.1 Å². The van der Waals surface area contributed by atoms with Gasteiger partial charge in [0.15, 0.2) is 0 Å². The van der Waals surface area contributed by atoms with Crippen LogP contribution in [0.2, 0.25) is 0 Å². The number of hydrazone groups is 1. The predicted molar refractivity (Wildman–Crippen MR) is 100 cm³/mol. The maximum atomic E-state index is 14.1. The molecule has 0 radical (unpaired) electrons. The lowest BCUT2D eigenvalue weighted by Crippen LogP contribution is -2.07. The number of benzene rings is 1. The summed E-state index contributed by atoms with van der Waals surface area (Å²) in [6.45, 7) is 4.43. The van der Waals surface area contributed by atoms with Gasteiger partial charge in [0.1, 0.15) is 17.4 Å². The first kappa shape index (κ1) is 20.8. The van der Waals surface area contributed by atoms with Crippen molar-refractivity contribution >= 4 is 28.7 Å². The Bertz CT molecular complexity index is 773. The molecular formula is C18H21F2N3O3S. The van der Waals surface area contributed by atoms with Crippen LogP contribution in [0.5, 0.6) is 5.75 Å². The smallest absolute Gasteiger partial charge is 0.311 e. The second kappa shape index (κ2) is 10.6. The van der Waals surface area contributed by atoms with E-state index in [-0.39, 0.29) is 23.7 Å². The number of hydrogen-bond donors (Lipinski definition) is 1. The minimum absolute atomic E-state index is 0.0541. The molecule has 2 rings (SSSR count). The quantitative estimate of drug-likeness (QED) is 0.282. The lowest BCUT2D eigenvalue weighted by Gasteiger charge is -2.07. The molecule has 1 aromatic carbocycles. The summed E-state index contributed by atoms with van der Waals surface area (Å²) in [4.78, 5) is 15.6. The van der Waals surface area contributed by atoms with Gasteiger partial charge in [0.25, 0.3) is 0 Å². The number of halogens is 2. The van der Waals surface area contributed by atoms with Crippen LogP contribution in [0.15, 0.2) is 22.6 Å². The zero-order chi connectivity index (χ0) is 19.6. The number of nitrogens with one attached hydrogen (secondary N) is 1. The molecule has 0 atom stereocenters. The van der Waals surface area contributed by atoms with Gasteiger partial charge in [0.2, 0.25) is 5.13 Å². The first-order valence-electron chi connectivity index (χ1n) is 8.54. The van der Waals surface area contributed by atoms with Crippen LogP contribution in [-0.4, -0.2) is 30.4 Å². The lowest BCUT2D eigenvalue weighted by molar-refractivity contribution is -0.142. The van der Waals surface area contributed by atoms with Crippen molar-refractivity contribution in [3.8, 4) is 5.75 Å². The van der Waals surface area contributed by atoms with Crippen molar-refractivity contribution in [3.05, 3.63) is 40.4 Å². The third-order valence-corrected chi connectivity index (χ3v) is 4.15. The van der Waals surface area contributed by atoms with Gasteiger partial charge in [-0.2, -0.15) is 5.10 Å². The maximum Gasteiger partial charge on any atom is 0.311 e. The van der Waals surface area contributed by atoms with E-state index in [9.17, 15) is 13.6 Å². The number of rotatable bonds is 10. The fourth-order valence-electron chi connectivity index (χ4n) is 2.05. The average Bonchev–Trinajstić information content (AvgIpc) is 3.05. The van der Waals surface area contributed by atoms with Crippen LogP contribution in [0.25, 0.3) is 0 Å². The van der Waals surface area contributed by atoms with E-state index in [0.29, 0.717) is 24.0 Å². The van der Waals surface area contributed by atoms with Crippen LogP contribution in [-0.2, 0) is 16.0 Å². The van der Waals surface area contributed by atoms with E-state index in [1.165, 1.54) is 11.3 Å². The number of nitrogens with zero attached hydrogens (tertiary/aromatic N) is 2. The molecule has 9 heteroatoms. The summed E-state index contributed by atoms with van der Waals surface area (Å²) in [5, 5.41) is 5.88. The Hall–Kier alpha value is -2.55. The lowest BCUT2D eigenvalue weighted by atomic mass is 10.2. The molecule has 0 saturated carbocycles. The van der Waals surface area contributed by atoms with E-state index in [0.717, 1.165) is 31.2 Å². The number of carbonyl (C=O) groups is 1. The Morgan fingerprint density at radius 1 is 1.33 bits per heavy atom. The summed E-state index contributed by atoms with van der Waals surface area (Å²) < 4.78 is 38.3. The molecule has 146 valence electrons. The SMILES string of the molecule is CCCCOc1cc(F)c(C=NNc2nc(CC(=O)OCC)cs2)c(F)c1. The molecule has 1 N–H and O–H groups in total. The van der Waals surface area contributed by atoms with Gasteiger partial charge in [-0.05, 0) is 13.3 Å². The van der Waals surface area contributed by atoms with E-state index < -0.39 is 11.6 Å². The zero-order valence-corrected chi connectivity index (χ0v) is 15.9. The van der Waals surface area contributed by atoms with Gasteiger partial charge in [0, 0.05) is 17.5 Å². The summed E-state index contributed by atoms with van der Waals surface area (Å²) in [5.41, 5.74) is 2.84. The molecule has 0 aliphatic rings. The molecule has 0 aliphatic heterocycles. The molecule has 1 heterocycles. The summed E-state index contributed by atoms with van der Waals surface area (Å²) >= 11 is 1.22. The topological polar surface area (TPSA) is 72.8 Å². The number of thiazole rings is 1. The van der Waals surface area contributed by atoms with Crippen molar-refractivity contribution in [2.24, 2.45) is 5.10 Å². The van der Waals surface area contributed by atoms with E-state index in [2.05, 4.69) is 15.5 Å². The van der Waals surface area contributed by atoms with Crippen LogP contribution < -0.4 is 10.2 Å². The first-order valence-corrected chi connectivity index (χ1v) is 9.42. The van der Waals surface area contributed by atoms with Gasteiger partial charge in [-0.15, -0.1) is 11.3 Å². The predicted octanol–water partition coefficient (Wildman–Crippen LogP) is 4.15. The fourth-order valence-corrected chi connectivity index (χ4v) is 2.71. The highest BCUT2D eigenvalue weighted by atomic mass is 32.1. The van der Waals surface area contributed by atoms with Gasteiger partial charge in [0.05, 0.1) is 37.1 Å². The average molecular weight is 397 g/mol. The van der Waals surface area contributed by atoms with Gasteiger partial charge < -0.3 is 9.47 Å². The first-order chi connectivity index (χ1) is 13.0. The van der Waals surface area contributed by atoms with Gasteiger partial charge in [-0.3, -0.25) is 10.2 Å². The number of carbonyl (C=O) groups excluding carboxylic acids is 1. The van der Waals surface area contributed by atoms with Crippen LogP contribution >= 0.6 is 11.3 Å². The van der Waals surface area contributed by atoms with Gasteiger partial charge in [-0.25, -0.2) is 13.8 Å². The third kappa shape index (κ3) is 6.59. The molecule has 0 aliphatic carbocycles. The van der Waals surface area contributed by atoms with Crippen molar-refractivity contribution < 1.29 is 23.0 Å². The van der Waals surface area contributed by atoms with Crippen molar-refractivity contribution in [2.75, 3.05) is 18.6 Å². The molecule has 0 unspecified atom stereocenters.